The number of rotatable bonds is 4. The summed E-state index contributed by atoms with van der Waals surface area (Å²) in [5.74, 6) is 2.13. The van der Waals surface area contributed by atoms with Crippen LogP contribution in [0.5, 0.6) is 0 Å². The van der Waals surface area contributed by atoms with Gasteiger partial charge < -0.3 is 5.32 Å². The molecular formula is C17H30N2. The quantitative estimate of drug-likeness (QED) is 0.837. The van der Waals surface area contributed by atoms with Gasteiger partial charge in [0.1, 0.15) is 0 Å². The molecule has 3 saturated carbocycles. The number of nitrogens with zero attached hydrogens (tertiary/aromatic N) is 1. The lowest BCUT2D eigenvalue weighted by atomic mass is 9.79. The van der Waals surface area contributed by atoms with Gasteiger partial charge in [-0.2, -0.15) is 0 Å². The Morgan fingerprint density at radius 3 is 2.47 bits per heavy atom. The largest absolute Gasteiger partial charge is 0.308 e. The smallest absolute Gasteiger partial charge is 0.0309 e. The highest BCUT2D eigenvalue weighted by atomic mass is 15.3. The minimum absolute atomic E-state index is 0.507. The molecular weight excluding hydrogens is 232 g/mol. The Kier molecular flexibility index (Phi) is 3.35. The summed E-state index contributed by atoms with van der Waals surface area (Å²) in [7, 11) is 0. The van der Waals surface area contributed by atoms with Crippen LogP contribution in [0.2, 0.25) is 0 Å². The first-order chi connectivity index (χ1) is 9.35. The van der Waals surface area contributed by atoms with Crippen molar-refractivity contribution in [2.45, 2.75) is 75.8 Å². The zero-order valence-electron chi connectivity index (χ0n) is 12.4. The van der Waals surface area contributed by atoms with Crippen LogP contribution in [0, 0.1) is 11.8 Å². The summed E-state index contributed by atoms with van der Waals surface area (Å²) in [5.41, 5.74) is 0.507. The number of hydrogen-bond donors (Lipinski definition) is 1. The van der Waals surface area contributed by atoms with Crippen molar-refractivity contribution in [1.82, 2.24) is 10.2 Å². The molecule has 2 heteroatoms. The summed E-state index contributed by atoms with van der Waals surface area (Å²) < 4.78 is 0. The van der Waals surface area contributed by atoms with Crippen molar-refractivity contribution in [3.63, 3.8) is 0 Å². The molecule has 0 bridgehead atoms. The normalized spacial score (nSPS) is 35.7. The Bertz CT molecular complexity index is 313. The maximum atomic E-state index is 4.00. The van der Waals surface area contributed by atoms with Gasteiger partial charge in [-0.3, -0.25) is 4.90 Å². The van der Waals surface area contributed by atoms with Gasteiger partial charge in [-0.1, -0.05) is 32.1 Å². The van der Waals surface area contributed by atoms with Gasteiger partial charge in [0.2, 0.25) is 0 Å². The zero-order valence-corrected chi connectivity index (χ0v) is 12.4. The van der Waals surface area contributed by atoms with Crippen molar-refractivity contribution >= 4 is 0 Å². The van der Waals surface area contributed by atoms with E-state index in [1.54, 1.807) is 0 Å². The molecule has 4 fully saturated rings. The molecule has 0 aromatic heterocycles. The van der Waals surface area contributed by atoms with Gasteiger partial charge in [-0.25, -0.2) is 0 Å². The lowest BCUT2D eigenvalue weighted by molar-refractivity contribution is 0.0447. The number of piperazine rings is 1. The summed E-state index contributed by atoms with van der Waals surface area (Å²) >= 11 is 0. The van der Waals surface area contributed by atoms with Crippen LogP contribution >= 0.6 is 0 Å². The summed E-state index contributed by atoms with van der Waals surface area (Å²) in [6, 6.07) is 0.881. The fourth-order valence-electron chi connectivity index (χ4n) is 4.52. The van der Waals surface area contributed by atoms with E-state index in [1.807, 2.05) is 0 Å². The lowest BCUT2D eigenvalue weighted by Crippen LogP contribution is -2.65. The molecule has 0 aromatic carbocycles. The van der Waals surface area contributed by atoms with Crippen molar-refractivity contribution in [2.75, 3.05) is 19.6 Å². The molecule has 1 spiro atoms. The standard InChI is InChI=1S/C17H30N2/c1-2-9-17(10-3-1)13-19(11-8-14-4-5-14)16(12-18-17)15-6-7-15/h14-16,18H,1-13H2. The Hall–Kier alpha value is -0.0800. The first-order valence-electron chi connectivity index (χ1n) is 8.84. The van der Waals surface area contributed by atoms with Gasteiger partial charge in [-0.15, -0.1) is 0 Å². The topological polar surface area (TPSA) is 15.3 Å². The molecule has 0 aromatic rings. The van der Waals surface area contributed by atoms with E-state index in [1.165, 1.54) is 83.8 Å². The number of hydrogen-bond acceptors (Lipinski definition) is 2. The van der Waals surface area contributed by atoms with Crippen molar-refractivity contribution in [3.8, 4) is 0 Å². The SMILES string of the molecule is C1CCC2(CC1)CN(CCC1CC1)C(C1CC1)CN2. The third kappa shape index (κ3) is 2.85. The second-order valence-corrected chi connectivity index (χ2v) is 7.83. The van der Waals surface area contributed by atoms with E-state index in [9.17, 15) is 0 Å². The minimum atomic E-state index is 0.507. The van der Waals surface area contributed by atoms with Crippen LogP contribution in [-0.4, -0.2) is 36.1 Å². The molecule has 2 nitrogen and oxygen atoms in total. The van der Waals surface area contributed by atoms with E-state index >= 15 is 0 Å². The monoisotopic (exact) mass is 262 g/mol. The summed E-state index contributed by atoms with van der Waals surface area (Å²) in [5, 5.41) is 4.00. The Morgan fingerprint density at radius 2 is 1.79 bits per heavy atom. The van der Waals surface area contributed by atoms with Crippen LogP contribution in [0.25, 0.3) is 0 Å². The van der Waals surface area contributed by atoms with E-state index in [0.717, 1.165) is 17.9 Å². The molecule has 3 aliphatic carbocycles. The molecule has 0 amide bonds. The summed E-state index contributed by atoms with van der Waals surface area (Å²) in [6.45, 7) is 4.05. The van der Waals surface area contributed by atoms with Gasteiger partial charge in [0, 0.05) is 24.7 Å². The van der Waals surface area contributed by atoms with Crippen molar-refractivity contribution in [2.24, 2.45) is 11.8 Å². The molecule has 0 radical (unpaired) electrons. The highest BCUT2D eigenvalue weighted by molar-refractivity contribution is 5.03. The van der Waals surface area contributed by atoms with Crippen LogP contribution in [0.1, 0.15) is 64.2 Å². The molecule has 1 heterocycles. The van der Waals surface area contributed by atoms with Crippen LogP contribution in [0.4, 0.5) is 0 Å². The van der Waals surface area contributed by atoms with Crippen LogP contribution in [0.15, 0.2) is 0 Å². The first-order valence-corrected chi connectivity index (χ1v) is 8.84. The molecule has 1 atom stereocenters. The molecule has 4 rings (SSSR count). The maximum absolute atomic E-state index is 4.00. The molecule has 108 valence electrons. The second kappa shape index (κ2) is 5.04. The van der Waals surface area contributed by atoms with Gasteiger partial charge >= 0.3 is 0 Å². The molecule has 1 aliphatic heterocycles. The van der Waals surface area contributed by atoms with Gasteiger partial charge in [0.15, 0.2) is 0 Å². The lowest BCUT2D eigenvalue weighted by Gasteiger charge is -2.50. The summed E-state index contributed by atoms with van der Waals surface area (Å²) in [4.78, 5) is 2.91. The molecule has 1 saturated heterocycles. The van der Waals surface area contributed by atoms with E-state index in [0.29, 0.717) is 5.54 Å². The van der Waals surface area contributed by atoms with Gasteiger partial charge in [-0.05, 0) is 50.5 Å². The third-order valence-corrected chi connectivity index (χ3v) is 6.16. The molecule has 19 heavy (non-hydrogen) atoms. The van der Waals surface area contributed by atoms with Crippen molar-refractivity contribution in [3.05, 3.63) is 0 Å². The molecule has 4 aliphatic rings. The average Bonchev–Trinajstić information content (AvgIpc) is 3.30. The molecule has 1 N–H and O–H groups in total. The van der Waals surface area contributed by atoms with Gasteiger partial charge in [0.25, 0.3) is 0 Å². The Balaban J connectivity index is 1.41. The Labute approximate surface area is 118 Å². The first kappa shape index (κ1) is 12.6. The van der Waals surface area contributed by atoms with E-state index < -0.39 is 0 Å². The van der Waals surface area contributed by atoms with Crippen LogP contribution in [0.3, 0.4) is 0 Å². The van der Waals surface area contributed by atoms with Crippen molar-refractivity contribution < 1.29 is 0 Å². The number of nitrogens with one attached hydrogen (secondary N) is 1. The van der Waals surface area contributed by atoms with Crippen molar-refractivity contribution in [1.29, 1.82) is 0 Å². The van der Waals surface area contributed by atoms with E-state index in [4.69, 9.17) is 0 Å². The molecule has 1 unspecified atom stereocenters. The fraction of sp³-hybridized carbons (Fsp3) is 1.00. The minimum Gasteiger partial charge on any atom is -0.308 e. The predicted molar refractivity (Wildman–Crippen MR) is 79.2 cm³/mol. The second-order valence-electron chi connectivity index (χ2n) is 7.83. The highest BCUT2D eigenvalue weighted by Gasteiger charge is 2.44. The van der Waals surface area contributed by atoms with Gasteiger partial charge in [0.05, 0.1) is 0 Å². The maximum Gasteiger partial charge on any atom is 0.0309 e. The van der Waals surface area contributed by atoms with E-state index in [2.05, 4.69) is 10.2 Å². The summed E-state index contributed by atoms with van der Waals surface area (Å²) in [6.07, 6.45) is 14.8. The predicted octanol–water partition coefficient (Wildman–Crippen LogP) is 3.17. The van der Waals surface area contributed by atoms with Crippen LogP contribution in [-0.2, 0) is 0 Å². The zero-order chi connectivity index (χ0) is 12.7. The fourth-order valence-corrected chi connectivity index (χ4v) is 4.52. The average molecular weight is 262 g/mol. The van der Waals surface area contributed by atoms with Crippen LogP contribution < -0.4 is 5.32 Å². The Morgan fingerprint density at radius 1 is 1.00 bits per heavy atom. The van der Waals surface area contributed by atoms with E-state index in [-0.39, 0.29) is 0 Å². The highest BCUT2D eigenvalue weighted by Crippen LogP contribution is 2.41. The third-order valence-electron chi connectivity index (χ3n) is 6.16.